The molecule has 0 radical (unpaired) electrons. The fraction of sp³-hybridized carbons (Fsp3) is 0.263. The Bertz CT molecular complexity index is 712. The highest BCUT2D eigenvalue weighted by Crippen LogP contribution is 2.18. The fourth-order valence-corrected chi connectivity index (χ4v) is 2.91. The first-order valence-corrected chi connectivity index (χ1v) is 7.86. The molecule has 4 heteroatoms. The van der Waals surface area contributed by atoms with Gasteiger partial charge in [-0.3, -0.25) is 9.59 Å². The molecule has 2 amide bonds. The average Bonchev–Trinajstić information content (AvgIpc) is 2.58. The van der Waals surface area contributed by atoms with Gasteiger partial charge in [0.15, 0.2) is 0 Å². The Labute approximate surface area is 136 Å². The maximum absolute atomic E-state index is 12.5. The smallest absolute Gasteiger partial charge is 0.254 e. The highest BCUT2D eigenvalue weighted by atomic mass is 16.2. The van der Waals surface area contributed by atoms with Gasteiger partial charge in [-0.25, -0.2) is 0 Å². The Kier molecular flexibility index (Phi) is 4.42. The second-order valence-corrected chi connectivity index (χ2v) is 5.83. The molecule has 0 bridgehead atoms. The minimum atomic E-state index is -0.130. The molecular weight excluding hydrogens is 288 g/mol. The molecule has 0 aliphatic carbocycles. The van der Waals surface area contributed by atoms with Gasteiger partial charge in [-0.05, 0) is 30.5 Å². The van der Waals surface area contributed by atoms with Crippen LogP contribution in [0.25, 0.3) is 0 Å². The summed E-state index contributed by atoms with van der Waals surface area (Å²) in [5.74, 6) is -0.191. The summed E-state index contributed by atoms with van der Waals surface area (Å²) in [5.41, 5.74) is 2.82. The third-order valence-corrected chi connectivity index (χ3v) is 4.20. The molecule has 1 N–H and O–H groups in total. The summed E-state index contributed by atoms with van der Waals surface area (Å²) in [4.78, 5) is 26.3. The maximum atomic E-state index is 12.5. The molecule has 0 saturated heterocycles. The molecule has 1 heterocycles. The first-order valence-electron chi connectivity index (χ1n) is 7.86. The van der Waals surface area contributed by atoms with Crippen molar-refractivity contribution in [3.05, 3.63) is 71.3 Å². The molecule has 0 saturated carbocycles. The Hall–Kier alpha value is -2.62. The van der Waals surface area contributed by atoms with Crippen LogP contribution in [0.2, 0.25) is 0 Å². The van der Waals surface area contributed by atoms with Gasteiger partial charge in [0.1, 0.15) is 0 Å². The van der Waals surface area contributed by atoms with Gasteiger partial charge < -0.3 is 10.2 Å². The zero-order valence-electron chi connectivity index (χ0n) is 13.2. The summed E-state index contributed by atoms with van der Waals surface area (Å²) in [6.45, 7) is 2.63. The largest absolute Gasteiger partial charge is 0.348 e. The summed E-state index contributed by atoms with van der Waals surface area (Å²) >= 11 is 0. The Morgan fingerprint density at radius 3 is 2.61 bits per heavy atom. The van der Waals surface area contributed by atoms with Crippen LogP contribution < -0.4 is 5.32 Å². The van der Waals surface area contributed by atoms with Crippen LogP contribution in [0.4, 0.5) is 0 Å². The minimum Gasteiger partial charge on any atom is -0.348 e. The van der Waals surface area contributed by atoms with Crippen LogP contribution in [0.3, 0.4) is 0 Å². The van der Waals surface area contributed by atoms with Crippen molar-refractivity contribution in [2.75, 3.05) is 13.1 Å². The highest BCUT2D eigenvalue weighted by Gasteiger charge is 2.25. The van der Waals surface area contributed by atoms with Crippen molar-refractivity contribution >= 4 is 11.8 Å². The minimum absolute atomic E-state index is 0.0608. The number of hydrogen-bond acceptors (Lipinski definition) is 2. The van der Waals surface area contributed by atoms with E-state index in [0.29, 0.717) is 12.1 Å². The van der Waals surface area contributed by atoms with E-state index in [-0.39, 0.29) is 24.4 Å². The third-order valence-electron chi connectivity index (χ3n) is 4.20. The fourth-order valence-electron chi connectivity index (χ4n) is 2.91. The van der Waals surface area contributed by atoms with Crippen molar-refractivity contribution in [3.63, 3.8) is 0 Å². The zero-order chi connectivity index (χ0) is 16.2. The molecule has 23 heavy (non-hydrogen) atoms. The summed E-state index contributed by atoms with van der Waals surface area (Å²) in [5, 5.41) is 2.96. The highest BCUT2D eigenvalue weighted by molar-refractivity contribution is 5.98. The lowest BCUT2D eigenvalue weighted by Crippen LogP contribution is -2.44. The number of rotatable bonds is 4. The lowest BCUT2D eigenvalue weighted by atomic mass is 9.99. The van der Waals surface area contributed by atoms with Gasteiger partial charge in [0.25, 0.3) is 5.91 Å². The first-order chi connectivity index (χ1) is 11.1. The Balaban J connectivity index is 1.62. The van der Waals surface area contributed by atoms with Crippen molar-refractivity contribution in [1.29, 1.82) is 0 Å². The topological polar surface area (TPSA) is 49.4 Å². The van der Waals surface area contributed by atoms with E-state index < -0.39 is 0 Å². The van der Waals surface area contributed by atoms with Gasteiger partial charge in [-0.1, -0.05) is 48.5 Å². The van der Waals surface area contributed by atoms with Gasteiger partial charge in [-0.2, -0.15) is 0 Å². The lowest BCUT2D eigenvalue weighted by molar-refractivity contribution is -0.122. The van der Waals surface area contributed by atoms with Gasteiger partial charge >= 0.3 is 0 Å². The summed E-state index contributed by atoms with van der Waals surface area (Å²) in [7, 11) is 0. The molecule has 3 rings (SSSR count). The van der Waals surface area contributed by atoms with Crippen LogP contribution in [0.15, 0.2) is 54.6 Å². The van der Waals surface area contributed by atoms with E-state index in [2.05, 4.69) is 5.32 Å². The van der Waals surface area contributed by atoms with Crippen molar-refractivity contribution in [2.45, 2.75) is 19.4 Å². The predicted octanol–water partition coefficient (Wildman–Crippen LogP) is 2.56. The van der Waals surface area contributed by atoms with Crippen LogP contribution in [-0.4, -0.2) is 29.8 Å². The number of benzene rings is 2. The van der Waals surface area contributed by atoms with E-state index >= 15 is 0 Å². The molecule has 1 aliphatic rings. The number of hydrogen-bond donors (Lipinski definition) is 1. The Morgan fingerprint density at radius 1 is 1.13 bits per heavy atom. The van der Waals surface area contributed by atoms with E-state index in [1.165, 1.54) is 0 Å². The molecule has 1 aliphatic heterocycles. The monoisotopic (exact) mass is 308 g/mol. The van der Waals surface area contributed by atoms with Gasteiger partial charge in [0.05, 0.1) is 12.6 Å². The normalized spacial score (nSPS) is 15.0. The second kappa shape index (κ2) is 6.65. The van der Waals surface area contributed by atoms with Crippen LogP contribution >= 0.6 is 0 Å². The number of carbonyl (C=O) groups excluding carboxylic acids is 2. The van der Waals surface area contributed by atoms with E-state index in [4.69, 9.17) is 0 Å². The van der Waals surface area contributed by atoms with Crippen LogP contribution in [-0.2, 0) is 11.2 Å². The maximum Gasteiger partial charge on any atom is 0.254 e. The second-order valence-electron chi connectivity index (χ2n) is 5.83. The van der Waals surface area contributed by atoms with Crippen molar-refractivity contribution in [2.24, 2.45) is 0 Å². The molecule has 0 fully saturated rings. The standard InChI is InChI=1S/C19H20N2O2/c1-14(15-7-3-2-4-8-15)20-18(22)13-21-12-11-16-9-5-6-10-17(16)19(21)23/h2-10,14H,11-13H2,1H3,(H,20,22). The molecule has 118 valence electrons. The summed E-state index contributed by atoms with van der Waals surface area (Å²) in [6.07, 6.45) is 0.795. The average molecular weight is 308 g/mol. The molecule has 1 unspecified atom stereocenters. The SMILES string of the molecule is CC(NC(=O)CN1CCc2ccccc2C1=O)c1ccccc1. The predicted molar refractivity (Wildman–Crippen MR) is 89.0 cm³/mol. The summed E-state index contributed by atoms with van der Waals surface area (Å²) < 4.78 is 0. The Morgan fingerprint density at radius 2 is 1.83 bits per heavy atom. The van der Waals surface area contributed by atoms with E-state index in [1.54, 1.807) is 4.90 Å². The molecule has 0 aromatic heterocycles. The van der Waals surface area contributed by atoms with Crippen molar-refractivity contribution < 1.29 is 9.59 Å². The van der Waals surface area contributed by atoms with Gasteiger partial charge in [0, 0.05) is 12.1 Å². The molecule has 2 aromatic carbocycles. The van der Waals surface area contributed by atoms with Crippen molar-refractivity contribution in [1.82, 2.24) is 10.2 Å². The van der Waals surface area contributed by atoms with Crippen LogP contribution in [0, 0.1) is 0 Å². The quantitative estimate of drug-likeness (QED) is 0.943. The molecule has 2 aromatic rings. The number of nitrogens with zero attached hydrogens (tertiary/aromatic N) is 1. The number of carbonyl (C=O) groups is 2. The number of fused-ring (bicyclic) bond motifs is 1. The van der Waals surface area contributed by atoms with Crippen molar-refractivity contribution in [3.8, 4) is 0 Å². The molecule has 4 nitrogen and oxygen atoms in total. The summed E-state index contributed by atoms with van der Waals surface area (Å²) in [6, 6.07) is 17.3. The molecular formula is C19H20N2O2. The number of amides is 2. The van der Waals surface area contributed by atoms with E-state index in [9.17, 15) is 9.59 Å². The van der Waals surface area contributed by atoms with Crippen LogP contribution in [0.5, 0.6) is 0 Å². The van der Waals surface area contributed by atoms with Gasteiger partial charge in [-0.15, -0.1) is 0 Å². The van der Waals surface area contributed by atoms with Crippen LogP contribution in [0.1, 0.15) is 34.5 Å². The zero-order valence-corrected chi connectivity index (χ0v) is 13.2. The lowest BCUT2D eigenvalue weighted by Gasteiger charge is -2.28. The van der Waals surface area contributed by atoms with E-state index in [1.807, 2.05) is 61.5 Å². The first kappa shape index (κ1) is 15.3. The molecule has 0 spiro atoms. The number of nitrogens with one attached hydrogen (secondary N) is 1. The third kappa shape index (κ3) is 3.42. The van der Waals surface area contributed by atoms with E-state index in [0.717, 1.165) is 17.5 Å². The van der Waals surface area contributed by atoms with Gasteiger partial charge in [0.2, 0.25) is 5.91 Å². The molecule has 1 atom stereocenters.